The zero-order chi connectivity index (χ0) is 13.8. The van der Waals surface area contributed by atoms with Gasteiger partial charge in [-0.1, -0.05) is 12.1 Å². The molecule has 5 nitrogen and oxygen atoms in total. The fourth-order valence-electron chi connectivity index (χ4n) is 1.96. The van der Waals surface area contributed by atoms with Crippen LogP contribution in [0.25, 0.3) is 0 Å². The van der Waals surface area contributed by atoms with Crippen LogP contribution in [0.15, 0.2) is 30.6 Å². The molecule has 102 valence electrons. The van der Waals surface area contributed by atoms with E-state index in [0.29, 0.717) is 0 Å². The molecular weight excluding hydrogens is 238 g/mol. The summed E-state index contributed by atoms with van der Waals surface area (Å²) in [6.07, 6.45) is 1.72. The lowest BCUT2D eigenvalue weighted by molar-refractivity contribution is 0.528. The van der Waals surface area contributed by atoms with Crippen molar-refractivity contribution < 1.29 is 0 Å². The lowest BCUT2D eigenvalue weighted by Crippen LogP contribution is -2.21. The van der Waals surface area contributed by atoms with Crippen LogP contribution in [0.3, 0.4) is 0 Å². The Balaban J connectivity index is 1.93. The van der Waals surface area contributed by atoms with Crippen molar-refractivity contribution in [1.29, 1.82) is 0 Å². The number of aromatic nitrogens is 3. The SMILES string of the molecule is CC(NCc1ccc(N(C)C)cc1)c1nncn1C. The molecule has 0 spiro atoms. The van der Waals surface area contributed by atoms with Crippen LogP contribution in [-0.4, -0.2) is 28.9 Å². The first-order valence-corrected chi connectivity index (χ1v) is 6.41. The summed E-state index contributed by atoms with van der Waals surface area (Å²) in [6, 6.07) is 8.73. The van der Waals surface area contributed by atoms with Gasteiger partial charge in [-0.25, -0.2) is 0 Å². The van der Waals surface area contributed by atoms with E-state index in [1.54, 1.807) is 6.33 Å². The van der Waals surface area contributed by atoms with E-state index >= 15 is 0 Å². The molecule has 0 bridgehead atoms. The van der Waals surface area contributed by atoms with Crippen molar-refractivity contribution in [3.63, 3.8) is 0 Å². The molecule has 0 aliphatic heterocycles. The molecule has 1 N–H and O–H groups in total. The first-order valence-electron chi connectivity index (χ1n) is 6.41. The van der Waals surface area contributed by atoms with Gasteiger partial charge in [-0.15, -0.1) is 10.2 Å². The Morgan fingerprint density at radius 1 is 1.26 bits per heavy atom. The first-order chi connectivity index (χ1) is 9.08. The van der Waals surface area contributed by atoms with Gasteiger partial charge in [0.2, 0.25) is 0 Å². The Bertz CT molecular complexity index is 515. The van der Waals surface area contributed by atoms with Crippen molar-refractivity contribution in [2.24, 2.45) is 7.05 Å². The quantitative estimate of drug-likeness (QED) is 0.888. The number of anilines is 1. The zero-order valence-corrected chi connectivity index (χ0v) is 12.0. The van der Waals surface area contributed by atoms with Crippen LogP contribution < -0.4 is 10.2 Å². The van der Waals surface area contributed by atoms with Crippen molar-refractivity contribution in [3.05, 3.63) is 42.0 Å². The molecule has 0 aliphatic rings. The summed E-state index contributed by atoms with van der Waals surface area (Å²) in [5.41, 5.74) is 2.48. The second-order valence-electron chi connectivity index (χ2n) is 4.96. The van der Waals surface area contributed by atoms with E-state index in [2.05, 4.69) is 51.6 Å². The Kier molecular flexibility index (Phi) is 4.16. The predicted molar refractivity (Wildman–Crippen MR) is 77.0 cm³/mol. The van der Waals surface area contributed by atoms with Crippen molar-refractivity contribution in [2.45, 2.75) is 19.5 Å². The van der Waals surface area contributed by atoms with Gasteiger partial charge in [-0.05, 0) is 24.6 Å². The summed E-state index contributed by atoms with van der Waals surface area (Å²) in [5.74, 6) is 0.949. The average Bonchev–Trinajstić information content (AvgIpc) is 2.83. The van der Waals surface area contributed by atoms with Crippen LogP contribution in [0.2, 0.25) is 0 Å². The smallest absolute Gasteiger partial charge is 0.149 e. The lowest BCUT2D eigenvalue weighted by atomic mass is 10.2. The van der Waals surface area contributed by atoms with E-state index in [1.165, 1.54) is 11.3 Å². The van der Waals surface area contributed by atoms with E-state index in [0.717, 1.165) is 12.4 Å². The number of benzene rings is 1. The van der Waals surface area contributed by atoms with Crippen molar-refractivity contribution in [1.82, 2.24) is 20.1 Å². The van der Waals surface area contributed by atoms with Crippen LogP contribution >= 0.6 is 0 Å². The van der Waals surface area contributed by atoms with E-state index in [-0.39, 0.29) is 6.04 Å². The summed E-state index contributed by atoms with van der Waals surface area (Å²) in [6.45, 7) is 2.92. The van der Waals surface area contributed by atoms with Crippen LogP contribution in [0.4, 0.5) is 5.69 Å². The highest BCUT2D eigenvalue weighted by molar-refractivity contribution is 5.45. The monoisotopic (exact) mass is 259 g/mol. The highest BCUT2D eigenvalue weighted by Gasteiger charge is 2.10. The molecule has 1 aromatic carbocycles. The van der Waals surface area contributed by atoms with Crippen LogP contribution in [-0.2, 0) is 13.6 Å². The van der Waals surface area contributed by atoms with Gasteiger partial charge in [0.1, 0.15) is 12.2 Å². The molecule has 19 heavy (non-hydrogen) atoms. The summed E-state index contributed by atoms with van der Waals surface area (Å²) < 4.78 is 1.94. The Morgan fingerprint density at radius 3 is 2.47 bits per heavy atom. The number of hydrogen-bond donors (Lipinski definition) is 1. The van der Waals surface area contributed by atoms with Crippen LogP contribution in [0, 0.1) is 0 Å². The minimum atomic E-state index is 0.182. The molecule has 1 aromatic heterocycles. The van der Waals surface area contributed by atoms with Crippen LogP contribution in [0.5, 0.6) is 0 Å². The Hall–Kier alpha value is -1.88. The third-order valence-corrected chi connectivity index (χ3v) is 3.20. The molecule has 2 rings (SSSR count). The number of nitrogens with zero attached hydrogens (tertiary/aromatic N) is 4. The maximum atomic E-state index is 4.11. The highest BCUT2D eigenvalue weighted by atomic mass is 15.3. The molecule has 2 aromatic rings. The van der Waals surface area contributed by atoms with E-state index < -0.39 is 0 Å². The average molecular weight is 259 g/mol. The van der Waals surface area contributed by atoms with Gasteiger partial charge in [0.25, 0.3) is 0 Å². The largest absolute Gasteiger partial charge is 0.378 e. The van der Waals surface area contributed by atoms with Gasteiger partial charge >= 0.3 is 0 Å². The molecule has 0 saturated heterocycles. The zero-order valence-electron chi connectivity index (χ0n) is 12.0. The maximum absolute atomic E-state index is 4.11. The maximum Gasteiger partial charge on any atom is 0.149 e. The number of rotatable bonds is 5. The summed E-state index contributed by atoms with van der Waals surface area (Å²) in [5, 5.41) is 11.5. The molecule has 1 heterocycles. The molecular formula is C14H21N5. The predicted octanol–water partition coefficient (Wildman–Crippen LogP) is 1.73. The second-order valence-corrected chi connectivity index (χ2v) is 4.96. The van der Waals surface area contributed by atoms with E-state index in [4.69, 9.17) is 0 Å². The summed E-state index contributed by atoms with van der Waals surface area (Å²) >= 11 is 0. The molecule has 0 radical (unpaired) electrons. The van der Waals surface area contributed by atoms with Crippen molar-refractivity contribution in [2.75, 3.05) is 19.0 Å². The fourth-order valence-corrected chi connectivity index (χ4v) is 1.96. The molecule has 0 fully saturated rings. The standard InChI is InChI=1S/C14H21N5/c1-11(14-17-16-10-19(14)4)15-9-12-5-7-13(8-6-12)18(2)3/h5-8,10-11,15H,9H2,1-4H3. The molecule has 0 saturated carbocycles. The van der Waals surface area contributed by atoms with Crippen molar-refractivity contribution in [3.8, 4) is 0 Å². The molecule has 5 heteroatoms. The molecule has 0 aliphatic carbocycles. The number of aryl methyl sites for hydroxylation is 1. The van der Waals surface area contributed by atoms with Gasteiger partial charge in [-0.3, -0.25) is 0 Å². The normalized spacial score (nSPS) is 12.4. The highest BCUT2D eigenvalue weighted by Crippen LogP contribution is 2.13. The topological polar surface area (TPSA) is 46.0 Å². The third kappa shape index (κ3) is 3.32. The van der Waals surface area contributed by atoms with Gasteiger partial charge < -0.3 is 14.8 Å². The fraction of sp³-hybridized carbons (Fsp3) is 0.429. The number of hydrogen-bond acceptors (Lipinski definition) is 4. The van der Waals surface area contributed by atoms with Gasteiger partial charge in [0, 0.05) is 33.4 Å². The molecule has 1 atom stereocenters. The second kappa shape index (κ2) is 5.84. The van der Waals surface area contributed by atoms with E-state index in [1.807, 2.05) is 25.7 Å². The molecule has 1 unspecified atom stereocenters. The summed E-state index contributed by atoms with van der Waals surface area (Å²) in [4.78, 5) is 2.10. The van der Waals surface area contributed by atoms with Crippen LogP contribution in [0.1, 0.15) is 24.4 Å². The van der Waals surface area contributed by atoms with Crippen molar-refractivity contribution >= 4 is 5.69 Å². The minimum Gasteiger partial charge on any atom is -0.378 e. The first kappa shape index (κ1) is 13.5. The minimum absolute atomic E-state index is 0.182. The summed E-state index contributed by atoms with van der Waals surface area (Å²) in [7, 11) is 6.05. The lowest BCUT2D eigenvalue weighted by Gasteiger charge is -2.15. The number of nitrogens with one attached hydrogen (secondary N) is 1. The van der Waals surface area contributed by atoms with Gasteiger partial charge in [-0.2, -0.15) is 0 Å². The van der Waals surface area contributed by atoms with Gasteiger partial charge in [0.05, 0.1) is 6.04 Å². The van der Waals surface area contributed by atoms with E-state index in [9.17, 15) is 0 Å². The van der Waals surface area contributed by atoms with Gasteiger partial charge in [0.15, 0.2) is 0 Å². The Morgan fingerprint density at radius 2 is 1.95 bits per heavy atom. The Labute approximate surface area is 114 Å². The third-order valence-electron chi connectivity index (χ3n) is 3.20. The molecule has 0 amide bonds.